The molecule has 186 valence electrons. The molecular weight excluding hydrogens is 509 g/mol. The van der Waals surface area contributed by atoms with Crippen molar-refractivity contribution in [1.82, 2.24) is 0 Å². The molecule has 0 heterocycles. The zero-order valence-electron chi connectivity index (χ0n) is 21.4. The minimum atomic E-state index is -0.130. The van der Waals surface area contributed by atoms with Crippen LogP contribution in [0.15, 0.2) is 30.3 Å². The summed E-state index contributed by atoms with van der Waals surface area (Å²) in [5.74, 6) is -0.0295. The molecule has 0 N–H and O–H groups in total. The summed E-state index contributed by atoms with van der Waals surface area (Å²) in [7, 11) is 2.18. The van der Waals surface area contributed by atoms with Crippen LogP contribution in [0, 0.1) is 0 Å². The van der Waals surface area contributed by atoms with Crippen LogP contribution in [0.1, 0.15) is 103 Å². The Labute approximate surface area is 216 Å². The molecule has 1 atom stereocenters. The van der Waals surface area contributed by atoms with E-state index in [1.54, 1.807) is 0 Å². The first kappa shape index (κ1) is 31.4. The molecular formula is C28H50INO2. The second-order valence-corrected chi connectivity index (χ2v) is 9.37. The van der Waals surface area contributed by atoms with E-state index >= 15 is 0 Å². The van der Waals surface area contributed by atoms with E-state index in [1.165, 1.54) is 76.2 Å². The number of halogens is 1. The molecule has 0 fully saturated rings. The lowest BCUT2D eigenvalue weighted by Crippen LogP contribution is -3.00. The van der Waals surface area contributed by atoms with Crippen molar-refractivity contribution >= 4 is 5.97 Å². The summed E-state index contributed by atoms with van der Waals surface area (Å²) in [5.41, 5.74) is 1.21. The summed E-state index contributed by atoms with van der Waals surface area (Å²) in [6, 6.07) is 10.2. The summed E-state index contributed by atoms with van der Waals surface area (Å²) < 4.78 is 6.49. The van der Waals surface area contributed by atoms with Crippen LogP contribution in [0.3, 0.4) is 0 Å². The molecule has 1 rings (SSSR count). The summed E-state index contributed by atoms with van der Waals surface area (Å²) >= 11 is 0. The van der Waals surface area contributed by atoms with Gasteiger partial charge in [0.25, 0.3) is 0 Å². The van der Waals surface area contributed by atoms with Crippen LogP contribution >= 0.6 is 0 Å². The Kier molecular flexibility index (Phi) is 19.4. The van der Waals surface area contributed by atoms with E-state index < -0.39 is 0 Å². The molecule has 0 unspecified atom stereocenters. The van der Waals surface area contributed by atoms with Gasteiger partial charge in [0.2, 0.25) is 0 Å². The molecule has 0 radical (unpaired) electrons. The van der Waals surface area contributed by atoms with E-state index in [4.69, 9.17) is 4.74 Å². The van der Waals surface area contributed by atoms with Gasteiger partial charge in [-0.05, 0) is 25.8 Å². The number of benzene rings is 1. The number of hydrogen-bond acceptors (Lipinski definition) is 2. The lowest BCUT2D eigenvalue weighted by molar-refractivity contribution is -0.921. The highest BCUT2D eigenvalue weighted by Gasteiger charge is 2.37. The lowest BCUT2D eigenvalue weighted by atomic mass is 10.0. The van der Waals surface area contributed by atoms with Gasteiger partial charge in [-0.3, -0.25) is 0 Å². The highest BCUT2D eigenvalue weighted by Crippen LogP contribution is 2.18. The van der Waals surface area contributed by atoms with Crippen molar-refractivity contribution in [2.75, 3.05) is 26.7 Å². The molecule has 3 nitrogen and oxygen atoms in total. The Morgan fingerprint density at radius 2 is 1.25 bits per heavy atom. The Balaban J connectivity index is 0.00000961. The second-order valence-electron chi connectivity index (χ2n) is 9.37. The van der Waals surface area contributed by atoms with Crippen molar-refractivity contribution in [2.45, 2.75) is 110 Å². The number of unbranched alkanes of at least 4 members (excludes halogenated alkanes) is 11. The van der Waals surface area contributed by atoms with Crippen molar-refractivity contribution in [1.29, 1.82) is 0 Å². The summed E-state index contributed by atoms with van der Waals surface area (Å²) in [5, 5.41) is 0. The SMILES string of the molecule is CCCCCCCCCCCCCCOC(=O)[C@H](Cc1ccccc1)[N+](C)(CC)CC.[I-]. The van der Waals surface area contributed by atoms with Crippen LogP contribution in [0.5, 0.6) is 0 Å². The molecule has 0 bridgehead atoms. The molecule has 4 heteroatoms. The van der Waals surface area contributed by atoms with Crippen LogP contribution in [0.4, 0.5) is 0 Å². The number of hydrogen-bond donors (Lipinski definition) is 0. The Morgan fingerprint density at radius 1 is 0.781 bits per heavy atom. The normalized spacial score (nSPS) is 12.2. The van der Waals surface area contributed by atoms with Crippen LogP contribution < -0.4 is 24.0 Å². The van der Waals surface area contributed by atoms with Gasteiger partial charge in [-0.15, -0.1) is 0 Å². The van der Waals surface area contributed by atoms with E-state index in [0.717, 1.165) is 30.4 Å². The number of ether oxygens (including phenoxy) is 1. The first-order valence-electron chi connectivity index (χ1n) is 13.1. The predicted octanol–water partition coefficient (Wildman–Crippen LogP) is 4.33. The fourth-order valence-electron chi connectivity index (χ4n) is 4.27. The topological polar surface area (TPSA) is 26.3 Å². The molecule has 0 spiro atoms. The second kappa shape index (κ2) is 19.8. The number of nitrogens with zero attached hydrogens (tertiary/aromatic N) is 1. The number of likely N-dealkylation sites (N-methyl/N-ethyl adjacent to an activating group) is 1. The third kappa shape index (κ3) is 13.2. The highest BCUT2D eigenvalue weighted by molar-refractivity contribution is 5.75. The standard InChI is InChI=1S/C28H50NO2.HI/c1-5-8-9-10-11-12-13-14-15-16-17-21-24-31-28(30)27(29(4,6-2)7-3)25-26-22-19-18-20-23-26;/h18-20,22-23,27H,5-17,21,24-25H2,1-4H3;1H/q+1;/p-1/t27-;/m0./s1. The van der Waals surface area contributed by atoms with Crippen LogP contribution in [0.2, 0.25) is 0 Å². The Morgan fingerprint density at radius 3 is 1.72 bits per heavy atom. The van der Waals surface area contributed by atoms with Crippen molar-refractivity contribution in [2.24, 2.45) is 0 Å². The van der Waals surface area contributed by atoms with Crippen molar-refractivity contribution in [3.8, 4) is 0 Å². The number of carbonyl (C=O) groups is 1. The van der Waals surface area contributed by atoms with Gasteiger partial charge in [0.05, 0.1) is 26.7 Å². The zero-order chi connectivity index (χ0) is 22.8. The number of rotatable bonds is 19. The fourth-order valence-corrected chi connectivity index (χ4v) is 4.27. The van der Waals surface area contributed by atoms with Crippen molar-refractivity contribution in [3.63, 3.8) is 0 Å². The van der Waals surface area contributed by atoms with Gasteiger partial charge >= 0.3 is 5.97 Å². The van der Waals surface area contributed by atoms with Gasteiger partial charge in [0.1, 0.15) is 0 Å². The fraction of sp³-hybridized carbons (Fsp3) is 0.750. The first-order chi connectivity index (χ1) is 15.1. The molecule has 0 aliphatic carbocycles. The molecule has 32 heavy (non-hydrogen) atoms. The van der Waals surface area contributed by atoms with E-state index in [-0.39, 0.29) is 36.0 Å². The van der Waals surface area contributed by atoms with Gasteiger partial charge in [0, 0.05) is 6.42 Å². The summed E-state index contributed by atoms with van der Waals surface area (Å²) in [4.78, 5) is 13.0. The maximum Gasteiger partial charge on any atom is 0.365 e. The van der Waals surface area contributed by atoms with Crippen molar-refractivity contribution in [3.05, 3.63) is 35.9 Å². The molecule has 1 aromatic rings. The molecule has 0 aliphatic rings. The van der Waals surface area contributed by atoms with Crippen LogP contribution in [-0.4, -0.2) is 43.2 Å². The average Bonchev–Trinajstić information content (AvgIpc) is 2.80. The maximum atomic E-state index is 13.0. The van der Waals surface area contributed by atoms with Crippen LogP contribution in [0.25, 0.3) is 0 Å². The molecule has 0 aliphatic heterocycles. The predicted molar refractivity (Wildman–Crippen MR) is 133 cm³/mol. The Bertz CT molecular complexity index is 560. The molecule has 1 aromatic carbocycles. The third-order valence-electron chi connectivity index (χ3n) is 6.98. The van der Waals surface area contributed by atoms with Crippen LogP contribution in [-0.2, 0) is 16.0 Å². The molecule has 0 amide bonds. The number of quaternary nitrogens is 1. The zero-order valence-corrected chi connectivity index (χ0v) is 23.6. The smallest absolute Gasteiger partial charge is 0.365 e. The maximum absolute atomic E-state index is 13.0. The summed E-state index contributed by atoms with van der Waals surface area (Å²) in [6.07, 6.45) is 16.6. The summed E-state index contributed by atoms with van der Waals surface area (Å²) in [6.45, 7) is 9.04. The van der Waals surface area contributed by atoms with E-state index in [2.05, 4.69) is 40.0 Å². The highest BCUT2D eigenvalue weighted by atomic mass is 127. The first-order valence-corrected chi connectivity index (χ1v) is 13.1. The number of esters is 1. The third-order valence-corrected chi connectivity index (χ3v) is 6.98. The van der Waals surface area contributed by atoms with Gasteiger partial charge in [-0.2, -0.15) is 0 Å². The monoisotopic (exact) mass is 559 g/mol. The molecule has 0 saturated heterocycles. The van der Waals surface area contributed by atoms with E-state index in [1.807, 2.05) is 18.2 Å². The van der Waals surface area contributed by atoms with Gasteiger partial charge in [-0.25, -0.2) is 4.79 Å². The van der Waals surface area contributed by atoms with Gasteiger partial charge in [0.15, 0.2) is 6.04 Å². The quantitative estimate of drug-likeness (QED) is 0.109. The largest absolute Gasteiger partial charge is 1.00 e. The van der Waals surface area contributed by atoms with Gasteiger partial charge in [-0.1, -0.05) is 108 Å². The Hall–Kier alpha value is -0.620. The minimum Gasteiger partial charge on any atom is -1.00 e. The minimum absolute atomic E-state index is 0. The van der Waals surface area contributed by atoms with E-state index in [0.29, 0.717) is 6.61 Å². The average molecular weight is 560 g/mol. The number of carbonyl (C=O) groups excluding carboxylic acids is 1. The lowest BCUT2D eigenvalue weighted by Gasteiger charge is -2.38. The van der Waals surface area contributed by atoms with Gasteiger partial charge < -0.3 is 33.2 Å². The van der Waals surface area contributed by atoms with Crippen molar-refractivity contribution < 1.29 is 38.0 Å². The molecule has 0 saturated carbocycles. The molecule has 0 aromatic heterocycles. The van der Waals surface area contributed by atoms with E-state index in [9.17, 15) is 4.79 Å².